The molecule has 7 nitrogen and oxygen atoms in total. The topological polar surface area (TPSA) is 122 Å². The number of amides is 1. The van der Waals surface area contributed by atoms with Crippen molar-refractivity contribution in [3.63, 3.8) is 0 Å². The fourth-order valence-corrected chi connectivity index (χ4v) is 1.68. The van der Waals surface area contributed by atoms with Crippen molar-refractivity contribution in [3.05, 3.63) is 63.7 Å². The van der Waals surface area contributed by atoms with Crippen LogP contribution in [0.5, 0.6) is 0 Å². The van der Waals surface area contributed by atoms with Crippen LogP contribution in [0.4, 0.5) is 17.1 Å². The zero-order chi connectivity index (χ0) is 15.4. The van der Waals surface area contributed by atoms with Gasteiger partial charge >= 0.3 is 0 Å². The maximum atomic E-state index is 12.0. The number of benzene rings is 2. The molecule has 0 saturated carbocycles. The molecule has 104 valence electrons. The van der Waals surface area contributed by atoms with E-state index >= 15 is 0 Å². The second-order valence-corrected chi connectivity index (χ2v) is 4.17. The molecule has 0 aliphatic heterocycles. The smallest absolute Gasteiger partial charge is 0.270 e. The van der Waals surface area contributed by atoms with Crippen molar-refractivity contribution in [2.45, 2.75) is 0 Å². The molecule has 0 aliphatic rings. The Morgan fingerprint density at radius 3 is 2.48 bits per heavy atom. The van der Waals surface area contributed by atoms with Crippen molar-refractivity contribution in [1.29, 1.82) is 5.26 Å². The normalized spacial score (nSPS) is 9.67. The molecule has 3 N–H and O–H groups in total. The van der Waals surface area contributed by atoms with E-state index in [1.165, 1.54) is 12.1 Å². The van der Waals surface area contributed by atoms with Gasteiger partial charge in [0.1, 0.15) is 6.07 Å². The molecule has 0 saturated heterocycles. The minimum atomic E-state index is -0.605. The molecule has 0 spiro atoms. The number of hydrogen-bond acceptors (Lipinski definition) is 5. The Balaban J connectivity index is 2.27. The number of non-ortho nitro benzene ring substituents is 1. The van der Waals surface area contributed by atoms with Crippen LogP contribution in [-0.2, 0) is 0 Å². The largest absolute Gasteiger partial charge is 0.399 e. The minimum Gasteiger partial charge on any atom is -0.399 e. The van der Waals surface area contributed by atoms with Crippen LogP contribution in [0.15, 0.2) is 42.5 Å². The van der Waals surface area contributed by atoms with Gasteiger partial charge in [-0.1, -0.05) is 0 Å². The Bertz CT molecular complexity index is 748. The first-order valence-electron chi connectivity index (χ1n) is 5.86. The molecule has 0 unspecified atom stereocenters. The third-order valence-electron chi connectivity index (χ3n) is 2.76. The van der Waals surface area contributed by atoms with Crippen LogP contribution < -0.4 is 11.1 Å². The number of nitrogens with zero attached hydrogens (tertiary/aromatic N) is 2. The van der Waals surface area contributed by atoms with E-state index in [0.29, 0.717) is 11.3 Å². The van der Waals surface area contributed by atoms with E-state index in [-0.39, 0.29) is 16.9 Å². The predicted octanol–water partition coefficient (Wildman–Crippen LogP) is 2.30. The summed E-state index contributed by atoms with van der Waals surface area (Å²) in [6.07, 6.45) is 0. The number of nitro benzene ring substituents is 1. The summed E-state index contributed by atoms with van der Waals surface area (Å²) in [4.78, 5) is 22.1. The monoisotopic (exact) mass is 282 g/mol. The highest BCUT2D eigenvalue weighted by atomic mass is 16.6. The van der Waals surface area contributed by atoms with E-state index in [1.807, 2.05) is 6.07 Å². The Morgan fingerprint density at radius 1 is 1.24 bits per heavy atom. The molecule has 0 aromatic heterocycles. The van der Waals surface area contributed by atoms with Gasteiger partial charge in [0, 0.05) is 23.4 Å². The molecule has 0 heterocycles. The van der Waals surface area contributed by atoms with Crippen molar-refractivity contribution < 1.29 is 9.72 Å². The van der Waals surface area contributed by atoms with Crippen LogP contribution in [0.2, 0.25) is 0 Å². The first kappa shape index (κ1) is 14.0. The fourth-order valence-electron chi connectivity index (χ4n) is 1.68. The summed E-state index contributed by atoms with van der Waals surface area (Å²) in [5, 5.41) is 22.2. The van der Waals surface area contributed by atoms with Crippen LogP contribution in [0.25, 0.3) is 0 Å². The highest BCUT2D eigenvalue weighted by Crippen LogP contribution is 2.22. The standard InChI is InChI=1S/C14H10N4O3/c15-8-10-7-12(18(20)21)5-6-13(10)17-14(19)9-1-3-11(16)4-2-9/h1-7H,16H2,(H,17,19). The molecule has 7 heteroatoms. The van der Waals surface area contributed by atoms with Gasteiger partial charge in [0.25, 0.3) is 11.6 Å². The minimum absolute atomic E-state index is 0.0213. The average Bonchev–Trinajstić information content (AvgIpc) is 2.48. The van der Waals surface area contributed by atoms with E-state index in [4.69, 9.17) is 11.0 Å². The summed E-state index contributed by atoms with van der Waals surface area (Å²) >= 11 is 0. The number of nitrogens with two attached hydrogens (primary N) is 1. The van der Waals surface area contributed by atoms with E-state index < -0.39 is 10.8 Å². The van der Waals surface area contributed by atoms with Crippen molar-refractivity contribution >= 4 is 23.0 Å². The SMILES string of the molecule is N#Cc1cc([N+](=O)[O-])ccc1NC(=O)c1ccc(N)cc1. The number of rotatable bonds is 3. The van der Waals surface area contributed by atoms with Crippen molar-refractivity contribution in [2.24, 2.45) is 0 Å². The lowest BCUT2D eigenvalue weighted by atomic mass is 10.1. The van der Waals surface area contributed by atoms with Gasteiger partial charge < -0.3 is 11.1 Å². The first-order chi connectivity index (χ1) is 10.0. The molecular formula is C14H10N4O3. The van der Waals surface area contributed by atoms with Gasteiger partial charge in [0.2, 0.25) is 0 Å². The number of nitro groups is 1. The van der Waals surface area contributed by atoms with Crippen LogP contribution >= 0.6 is 0 Å². The molecule has 0 bridgehead atoms. The van der Waals surface area contributed by atoms with Gasteiger partial charge in [0.15, 0.2) is 0 Å². The van der Waals surface area contributed by atoms with Crippen molar-refractivity contribution in [1.82, 2.24) is 0 Å². The summed E-state index contributed by atoms with van der Waals surface area (Å²) in [6, 6.07) is 11.7. The highest BCUT2D eigenvalue weighted by molar-refractivity contribution is 6.05. The van der Waals surface area contributed by atoms with Crippen LogP contribution in [0.3, 0.4) is 0 Å². The lowest BCUT2D eigenvalue weighted by Gasteiger charge is -2.07. The number of nitrogens with one attached hydrogen (secondary N) is 1. The summed E-state index contributed by atoms with van der Waals surface area (Å²) in [5.74, 6) is -0.430. The van der Waals surface area contributed by atoms with Crippen LogP contribution in [0, 0.1) is 21.4 Å². The summed E-state index contributed by atoms with van der Waals surface area (Å²) in [5.41, 5.74) is 6.45. The van der Waals surface area contributed by atoms with E-state index in [2.05, 4.69) is 5.32 Å². The number of carbonyl (C=O) groups excluding carboxylic acids is 1. The molecule has 2 aromatic carbocycles. The quantitative estimate of drug-likeness (QED) is 0.508. The third-order valence-corrected chi connectivity index (χ3v) is 2.76. The second kappa shape index (κ2) is 5.71. The Labute approximate surface area is 119 Å². The van der Waals surface area contributed by atoms with E-state index in [9.17, 15) is 14.9 Å². The van der Waals surface area contributed by atoms with Gasteiger partial charge in [-0.05, 0) is 30.3 Å². The zero-order valence-corrected chi connectivity index (χ0v) is 10.7. The Kier molecular flexibility index (Phi) is 3.81. The molecule has 0 atom stereocenters. The summed E-state index contributed by atoms with van der Waals surface area (Å²) in [7, 11) is 0. The second-order valence-electron chi connectivity index (χ2n) is 4.17. The summed E-state index contributed by atoms with van der Waals surface area (Å²) in [6.45, 7) is 0. The van der Waals surface area contributed by atoms with E-state index in [1.54, 1.807) is 24.3 Å². The molecule has 0 aliphatic carbocycles. The van der Waals surface area contributed by atoms with Crippen LogP contribution in [0.1, 0.15) is 15.9 Å². The number of hydrogen-bond donors (Lipinski definition) is 2. The number of nitriles is 1. The van der Waals surface area contributed by atoms with Gasteiger partial charge in [0.05, 0.1) is 16.2 Å². The summed E-state index contributed by atoms with van der Waals surface area (Å²) < 4.78 is 0. The van der Waals surface area contributed by atoms with Crippen LogP contribution in [-0.4, -0.2) is 10.8 Å². The molecular weight excluding hydrogens is 272 g/mol. The van der Waals surface area contributed by atoms with E-state index in [0.717, 1.165) is 6.07 Å². The Hall–Kier alpha value is -3.40. The number of anilines is 2. The van der Waals surface area contributed by atoms with Gasteiger partial charge in [-0.25, -0.2) is 0 Å². The molecule has 0 radical (unpaired) electrons. The van der Waals surface area contributed by atoms with Gasteiger partial charge in [-0.15, -0.1) is 0 Å². The number of nitrogen functional groups attached to an aromatic ring is 1. The molecule has 1 amide bonds. The van der Waals surface area contributed by atoms with Gasteiger partial charge in [-0.2, -0.15) is 5.26 Å². The zero-order valence-electron chi connectivity index (χ0n) is 10.7. The highest BCUT2D eigenvalue weighted by Gasteiger charge is 2.13. The number of carbonyl (C=O) groups is 1. The first-order valence-corrected chi connectivity index (χ1v) is 5.86. The maximum absolute atomic E-state index is 12.0. The average molecular weight is 282 g/mol. The maximum Gasteiger partial charge on any atom is 0.270 e. The molecule has 0 fully saturated rings. The third kappa shape index (κ3) is 3.13. The Morgan fingerprint density at radius 2 is 1.90 bits per heavy atom. The predicted molar refractivity (Wildman–Crippen MR) is 76.6 cm³/mol. The van der Waals surface area contributed by atoms with Crippen molar-refractivity contribution in [2.75, 3.05) is 11.1 Å². The molecule has 21 heavy (non-hydrogen) atoms. The fraction of sp³-hybridized carbons (Fsp3) is 0. The molecule has 2 rings (SSSR count). The lowest BCUT2D eigenvalue weighted by Crippen LogP contribution is -2.13. The molecule has 2 aromatic rings. The van der Waals surface area contributed by atoms with Gasteiger partial charge in [-0.3, -0.25) is 14.9 Å². The lowest BCUT2D eigenvalue weighted by molar-refractivity contribution is -0.384. The van der Waals surface area contributed by atoms with Crippen molar-refractivity contribution in [3.8, 4) is 6.07 Å².